The normalized spacial score (nSPS) is 11.0. The number of nitrogens with zero attached hydrogens (tertiary/aromatic N) is 3. The highest BCUT2D eigenvalue weighted by Crippen LogP contribution is 2.49. The Kier molecular flexibility index (Phi) is 8.94. The second-order valence-electron chi connectivity index (χ2n) is 13.2. The summed E-state index contributed by atoms with van der Waals surface area (Å²) in [6.45, 7) is 0. The highest BCUT2D eigenvalue weighted by molar-refractivity contribution is 6.05. The number of benzene rings is 7. The molecule has 0 aliphatic carbocycles. The molecule has 0 saturated carbocycles. The van der Waals surface area contributed by atoms with Gasteiger partial charge in [-0.25, -0.2) is 15.0 Å². The Bertz CT molecular complexity index is 2500. The van der Waals surface area contributed by atoms with E-state index >= 15 is 0 Å². The molecule has 0 radical (unpaired) electrons. The average Bonchev–Trinajstić information content (AvgIpc) is 3.27. The summed E-state index contributed by atoms with van der Waals surface area (Å²) in [6, 6.07) is 73.8. The monoisotopic (exact) mass is 689 g/mol. The SMILES string of the molecule is c1ccc(-c2cc(-c3ccccc3)nc(-c3cccc(-c4c(-c5ccccc5)c(-c5ccccc5)nc(-c5ccccc5)c4-c4ccccc4)c3)n2)cc1. The van der Waals surface area contributed by atoms with Crippen molar-refractivity contribution >= 4 is 0 Å². The summed E-state index contributed by atoms with van der Waals surface area (Å²) in [5, 5.41) is 0. The van der Waals surface area contributed by atoms with E-state index in [1.807, 2.05) is 36.4 Å². The van der Waals surface area contributed by atoms with Crippen LogP contribution in [0.5, 0.6) is 0 Å². The first kappa shape index (κ1) is 32.7. The fraction of sp³-hybridized carbons (Fsp3) is 0. The number of hydrogen-bond acceptors (Lipinski definition) is 3. The van der Waals surface area contributed by atoms with Gasteiger partial charge in [-0.05, 0) is 28.8 Å². The molecule has 0 spiro atoms. The Balaban J connectivity index is 1.37. The first-order valence-electron chi connectivity index (χ1n) is 18.2. The summed E-state index contributed by atoms with van der Waals surface area (Å²) in [5.74, 6) is 0.667. The molecule has 0 N–H and O–H groups in total. The molecule has 7 aromatic carbocycles. The Hall–Kier alpha value is -7.23. The van der Waals surface area contributed by atoms with E-state index in [1.165, 1.54) is 0 Å². The van der Waals surface area contributed by atoms with E-state index in [9.17, 15) is 0 Å². The van der Waals surface area contributed by atoms with Gasteiger partial charge in [-0.1, -0.05) is 200 Å². The van der Waals surface area contributed by atoms with Gasteiger partial charge in [0.2, 0.25) is 0 Å². The molecule has 54 heavy (non-hydrogen) atoms. The van der Waals surface area contributed by atoms with Crippen LogP contribution in [0.25, 0.3) is 89.8 Å². The van der Waals surface area contributed by atoms with Crippen LogP contribution in [-0.2, 0) is 0 Å². The van der Waals surface area contributed by atoms with Crippen LogP contribution in [0.4, 0.5) is 0 Å². The Morgan fingerprint density at radius 1 is 0.222 bits per heavy atom. The maximum absolute atomic E-state index is 5.60. The van der Waals surface area contributed by atoms with Crippen LogP contribution in [0, 0.1) is 0 Å². The van der Waals surface area contributed by atoms with Crippen molar-refractivity contribution < 1.29 is 0 Å². The minimum absolute atomic E-state index is 0.667. The van der Waals surface area contributed by atoms with Gasteiger partial charge in [0.05, 0.1) is 22.8 Å². The third-order valence-electron chi connectivity index (χ3n) is 9.69. The largest absolute Gasteiger partial charge is 0.246 e. The molecule has 3 nitrogen and oxygen atoms in total. The number of rotatable bonds is 8. The predicted molar refractivity (Wildman–Crippen MR) is 223 cm³/mol. The highest BCUT2D eigenvalue weighted by atomic mass is 14.9. The molecule has 0 bridgehead atoms. The van der Waals surface area contributed by atoms with Crippen molar-refractivity contribution in [3.8, 4) is 89.8 Å². The quantitative estimate of drug-likeness (QED) is 0.159. The Morgan fingerprint density at radius 3 is 0.963 bits per heavy atom. The van der Waals surface area contributed by atoms with E-state index in [1.54, 1.807) is 0 Å². The van der Waals surface area contributed by atoms with Crippen LogP contribution in [-0.4, -0.2) is 15.0 Å². The molecular formula is C51H35N3. The van der Waals surface area contributed by atoms with Crippen molar-refractivity contribution in [1.82, 2.24) is 15.0 Å². The van der Waals surface area contributed by atoms with Gasteiger partial charge in [-0.2, -0.15) is 0 Å². The van der Waals surface area contributed by atoms with E-state index in [4.69, 9.17) is 15.0 Å². The topological polar surface area (TPSA) is 38.7 Å². The summed E-state index contributed by atoms with van der Waals surface area (Å²) in [5.41, 5.74) is 15.2. The van der Waals surface area contributed by atoms with Crippen molar-refractivity contribution in [1.29, 1.82) is 0 Å². The Labute approximate surface area is 316 Å². The van der Waals surface area contributed by atoms with E-state index in [0.29, 0.717) is 5.82 Å². The molecule has 9 rings (SSSR count). The molecule has 0 unspecified atom stereocenters. The van der Waals surface area contributed by atoms with Crippen LogP contribution < -0.4 is 0 Å². The molecule has 9 aromatic rings. The minimum Gasteiger partial charge on any atom is -0.246 e. The van der Waals surface area contributed by atoms with Crippen LogP contribution in [0.2, 0.25) is 0 Å². The summed E-state index contributed by atoms with van der Waals surface area (Å²) < 4.78 is 0. The van der Waals surface area contributed by atoms with Crippen molar-refractivity contribution in [2.24, 2.45) is 0 Å². The second kappa shape index (κ2) is 14.8. The molecule has 0 atom stereocenters. The molecule has 254 valence electrons. The van der Waals surface area contributed by atoms with Gasteiger partial charge in [0.15, 0.2) is 5.82 Å². The maximum Gasteiger partial charge on any atom is 0.160 e. The first-order chi connectivity index (χ1) is 26.8. The summed E-state index contributed by atoms with van der Waals surface area (Å²) >= 11 is 0. The minimum atomic E-state index is 0.667. The van der Waals surface area contributed by atoms with Gasteiger partial charge in [0, 0.05) is 44.5 Å². The lowest BCUT2D eigenvalue weighted by Gasteiger charge is -2.23. The molecule has 2 aromatic heterocycles. The third-order valence-corrected chi connectivity index (χ3v) is 9.69. The van der Waals surface area contributed by atoms with Gasteiger partial charge in [0.25, 0.3) is 0 Å². The lowest BCUT2D eigenvalue weighted by molar-refractivity contribution is 1.18. The molecule has 0 amide bonds. The standard InChI is InChI=1S/C51H35N3/c1-7-20-36(21-8-1)44-35-45(37-22-9-2-10-23-37)53-51(52-44)43-33-19-32-42(34-43)46-47(38-24-11-3-12-25-38)49(40-28-15-5-16-29-40)54-50(41-30-17-6-18-31-41)48(46)39-26-13-4-14-27-39/h1-35H. The smallest absolute Gasteiger partial charge is 0.160 e. The molecular weight excluding hydrogens is 655 g/mol. The maximum atomic E-state index is 5.60. The van der Waals surface area contributed by atoms with Crippen molar-refractivity contribution in [3.05, 3.63) is 212 Å². The van der Waals surface area contributed by atoms with E-state index in [-0.39, 0.29) is 0 Å². The molecule has 0 saturated heterocycles. The zero-order chi connectivity index (χ0) is 36.1. The van der Waals surface area contributed by atoms with Crippen LogP contribution >= 0.6 is 0 Å². The van der Waals surface area contributed by atoms with Gasteiger partial charge in [0.1, 0.15) is 0 Å². The van der Waals surface area contributed by atoms with Gasteiger partial charge >= 0.3 is 0 Å². The second-order valence-corrected chi connectivity index (χ2v) is 13.2. The number of aromatic nitrogens is 3. The van der Waals surface area contributed by atoms with Gasteiger partial charge < -0.3 is 0 Å². The van der Waals surface area contributed by atoms with Crippen molar-refractivity contribution in [2.45, 2.75) is 0 Å². The Morgan fingerprint density at radius 2 is 0.556 bits per heavy atom. The van der Waals surface area contributed by atoms with Crippen molar-refractivity contribution in [3.63, 3.8) is 0 Å². The van der Waals surface area contributed by atoms with E-state index in [2.05, 4.69) is 176 Å². The lowest BCUT2D eigenvalue weighted by atomic mass is 9.83. The fourth-order valence-electron chi connectivity index (χ4n) is 7.16. The zero-order valence-corrected chi connectivity index (χ0v) is 29.5. The van der Waals surface area contributed by atoms with Gasteiger partial charge in [-0.15, -0.1) is 0 Å². The van der Waals surface area contributed by atoms with Crippen LogP contribution in [0.3, 0.4) is 0 Å². The molecule has 0 aliphatic heterocycles. The lowest BCUT2D eigenvalue weighted by Crippen LogP contribution is -2.02. The zero-order valence-electron chi connectivity index (χ0n) is 29.5. The fourth-order valence-corrected chi connectivity index (χ4v) is 7.16. The summed E-state index contributed by atoms with van der Waals surface area (Å²) in [4.78, 5) is 16.0. The van der Waals surface area contributed by atoms with E-state index in [0.717, 1.165) is 84.0 Å². The number of hydrogen-bond donors (Lipinski definition) is 0. The average molecular weight is 690 g/mol. The summed E-state index contributed by atoms with van der Waals surface area (Å²) in [7, 11) is 0. The molecule has 2 heterocycles. The molecule has 0 fully saturated rings. The third kappa shape index (κ3) is 6.51. The highest BCUT2D eigenvalue weighted by Gasteiger charge is 2.25. The molecule has 0 aliphatic rings. The molecule has 3 heteroatoms. The van der Waals surface area contributed by atoms with E-state index < -0.39 is 0 Å². The van der Waals surface area contributed by atoms with Gasteiger partial charge in [-0.3, -0.25) is 0 Å². The van der Waals surface area contributed by atoms with Crippen LogP contribution in [0.1, 0.15) is 0 Å². The number of pyridine rings is 1. The van der Waals surface area contributed by atoms with Crippen molar-refractivity contribution in [2.75, 3.05) is 0 Å². The summed E-state index contributed by atoms with van der Waals surface area (Å²) in [6.07, 6.45) is 0. The van der Waals surface area contributed by atoms with Crippen LogP contribution in [0.15, 0.2) is 212 Å². The predicted octanol–water partition coefficient (Wildman–Crippen LogP) is 13.2. The first-order valence-corrected chi connectivity index (χ1v) is 18.2.